The molecule has 17 heavy (non-hydrogen) atoms. The smallest absolute Gasteiger partial charge is 0.219 e. The molecule has 1 radical (unpaired) electrons. The highest BCUT2D eigenvalue weighted by molar-refractivity contribution is 6.30. The van der Waals surface area contributed by atoms with E-state index in [1.54, 1.807) is 24.6 Å². The number of halogens is 1. The predicted octanol–water partition coefficient (Wildman–Crippen LogP) is 3.71. The van der Waals surface area contributed by atoms with Gasteiger partial charge in [0.1, 0.15) is 5.75 Å². The highest BCUT2D eigenvalue weighted by Crippen LogP contribution is 2.22. The molecular weight excluding hydrogens is 234 g/mol. The maximum atomic E-state index is 5.86. The van der Waals surface area contributed by atoms with Crippen LogP contribution in [0.15, 0.2) is 42.5 Å². The number of nitrogens with zero attached hydrogens (tertiary/aromatic N) is 1. The molecule has 1 aromatic heterocycles. The monoisotopic (exact) mass is 242 g/mol. The van der Waals surface area contributed by atoms with Crippen LogP contribution in [0.25, 0.3) is 0 Å². The van der Waals surface area contributed by atoms with Crippen LogP contribution in [0.4, 0.5) is 0 Å². The lowest BCUT2D eigenvalue weighted by Crippen LogP contribution is -1.91. The maximum absolute atomic E-state index is 5.86. The first kappa shape index (κ1) is 11.5. The Kier molecular flexibility index (Phi) is 3.64. The molecule has 3 heteroatoms. The minimum atomic E-state index is 0.483. The summed E-state index contributed by atoms with van der Waals surface area (Å²) < 4.78 is 5.56. The number of ether oxygens (including phenoxy) is 1. The molecule has 83 valence electrons. The number of pyridine rings is 1. The molecule has 0 amide bonds. The van der Waals surface area contributed by atoms with E-state index in [0.717, 1.165) is 0 Å². The molecule has 0 fully saturated rings. The molecule has 2 nitrogen and oxygen atoms in total. The third-order valence-electron chi connectivity index (χ3n) is 1.99. The van der Waals surface area contributed by atoms with Crippen LogP contribution in [-0.4, -0.2) is 4.98 Å². The second-order valence-corrected chi connectivity index (χ2v) is 3.71. The van der Waals surface area contributed by atoms with Gasteiger partial charge in [0.25, 0.3) is 0 Å². The Morgan fingerprint density at radius 2 is 2.06 bits per heavy atom. The van der Waals surface area contributed by atoms with E-state index in [-0.39, 0.29) is 0 Å². The quantitative estimate of drug-likeness (QED) is 0.766. The zero-order valence-corrected chi connectivity index (χ0v) is 9.69. The predicted molar refractivity (Wildman–Crippen MR) is 68.0 cm³/mol. The number of rotatable bonds is 3. The average Bonchev–Trinajstić information content (AvgIpc) is 2.30. The Balaban J connectivity index is 2.19. The van der Waals surface area contributed by atoms with Crippen LogP contribution in [0.3, 0.4) is 0 Å². The zero-order chi connectivity index (χ0) is 12.1. The summed E-state index contributed by atoms with van der Waals surface area (Å²) in [5.41, 5.74) is 0.687. The van der Waals surface area contributed by atoms with E-state index in [4.69, 9.17) is 22.8 Å². The van der Waals surface area contributed by atoms with Crippen molar-refractivity contribution in [3.63, 3.8) is 0 Å². The van der Waals surface area contributed by atoms with E-state index >= 15 is 0 Å². The molecule has 0 bridgehead atoms. The van der Waals surface area contributed by atoms with Gasteiger partial charge in [0.15, 0.2) is 0 Å². The van der Waals surface area contributed by atoms with Gasteiger partial charge in [0.05, 0.1) is 12.1 Å². The van der Waals surface area contributed by atoms with Crippen LogP contribution in [-0.2, 0) is 0 Å². The van der Waals surface area contributed by atoms with Crippen LogP contribution in [0.5, 0.6) is 11.6 Å². The maximum Gasteiger partial charge on any atom is 0.219 e. The molecule has 0 unspecified atom stereocenters. The number of terminal acetylenes is 1. The first-order valence-corrected chi connectivity index (χ1v) is 5.35. The van der Waals surface area contributed by atoms with Crippen molar-refractivity contribution in [3.05, 3.63) is 59.6 Å². The summed E-state index contributed by atoms with van der Waals surface area (Å²) in [7, 11) is 0. The summed E-state index contributed by atoms with van der Waals surface area (Å²) in [6.07, 6.45) is 6.75. The molecule has 1 aromatic carbocycles. The largest absolute Gasteiger partial charge is 0.439 e. The lowest BCUT2D eigenvalue weighted by atomic mass is 10.3. The summed E-state index contributed by atoms with van der Waals surface area (Å²) in [6, 6.07) is 12.5. The van der Waals surface area contributed by atoms with Crippen molar-refractivity contribution < 1.29 is 4.74 Å². The molecule has 0 aliphatic heterocycles. The topological polar surface area (TPSA) is 22.1 Å². The molecule has 0 saturated carbocycles. The van der Waals surface area contributed by atoms with Crippen LogP contribution >= 0.6 is 11.6 Å². The number of hydrogen-bond donors (Lipinski definition) is 0. The van der Waals surface area contributed by atoms with Gasteiger partial charge in [-0.15, -0.1) is 6.42 Å². The van der Waals surface area contributed by atoms with Crippen molar-refractivity contribution in [2.45, 2.75) is 0 Å². The van der Waals surface area contributed by atoms with Crippen molar-refractivity contribution in [1.29, 1.82) is 0 Å². The second kappa shape index (κ2) is 5.38. The minimum absolute atomic E-state index is 0.483. The lowest BCUT2D eigenvalue weighted by molar-refractivity contribution is 0.462. The standard InChI is InChI=1S/C14H9ClNO/c1-2-5-12-7-4-9-14(16-12)17-13-8-3-6-11(15)10-13/h1,3-10H. The summed E-state index contributed by atoms with van der Waals surface area (Å²) in [4.78, 5) is 4.22. The average molecular weight is 243 g/mol. The number of benzene rings is 1. The molecule has 1 heterocycles. The molecule has 0 aliphatic rings. The number of hydrogen-bond acceptors (Lipinski definition) is 2. The van der Waals surface area contributed by atoms with Gasteiger partial charge >= 0.3 is 0 Å². The summed E-state index contributed by atoms with van der Waals surface area (Å²) >= 11 is 5.86. The van der Waals surface area contributed by atoms with E-state index in [9.17, 15) is 0 Å². The van der Waals surface area contributed by atoms with Crippen LogP contribution in [0.1, 0.15) is 5.69 Å². The van der Waals surface area contributed by atoms with Crippen molar-refractivity contribution in [2.75, 3.05) is 0 Å². The Hall–Kier alpha value is -1.98. The van der Waals surface area contributed by atoms with Gasteiger partial charge in [-0.2, -0.15) is 0 Å². The highest BCUT2D eigenvalue weighted by atomic mass is 35.5. The van der Waals surface area contributed by atoms with Gasteiger partial charge < -0.3 is 4.74 Å². The minimum Gasteiger partial charge on any atom is -0.439 e. The van der Waals surface area contributed by atoms with Crippen molar-refractivity contribution in [3.8, 4) is 24.0 Å². The fourth-order valence-electron chi connectivity index (χ4n) is 1.30. The molecule has 2 rings (SSSR count). The molecular formula is C14H9ClNO. The molecule has 0 aliphatic carbocycles. The first-order valence-electron chi connectivity index (χ1n) is 4.98. The molecule has 0 N–H and O–H groups in total. The Morgan fingerprint density at radius 1 is 1.24 bits per heavy atom. The summed E-state index contributed by atoms with van der Waals surface area (Å²) in [6.45, 7) is 0. The third-order valence-corrected chi connectivity index (χ3v) is 2.23. The highest BCUT2D eigenvalue weighted by Gasteiger charge is 2.00. The van der Waals surface area contributed by atoms with Gasteiger partial charge in [-0.05, 0) is 24.3 Å². The summed E-state index contributed by atoms with van der Waals surface area (Å²) in [5, 5.41) is 0.619. The normalized spacial score (nSPS) is 9.65. The lowest BCUT2D eigenvalue weighted by Gasteiger charge is -2.05. The van der Waals surface area contributed by atoms with Gasteiger partial charge in [-0.25, -0.2) is 4.98 Å². The van der Waals surface area contributed by atoms with Gasteiger partial charge in [0, 0.05) is 11.1 Å². The third kappa shape index (κ3) is 3.24. The van der Waals surface area contributed by atoms with Crippen LogP contribution < -0.4 is 4.74 Å². The second-order valence-electron chi connectivity index (χ2n) is 3.27. The van der Waals surface area contributed by atoms with Gasteiger partial charge in [-0.1, -0.05) is 29.7 Å². The van der Waals surface area contributed by atoms with Crippen molar-refractivity contribution >= 4 is 11.6 Å². The van der Waals surface area contributed by atoms with E-state index in [1.807, 2.05) is 24.3 Å². The SMILES string of the molecule is C#C[CH]c1cccc(Oc2cccc(Cl)c2)n1. The van der Waals surface area contributed by atoms with Crippen LogP contribution in [0.2, 0.25) is 5.02 Å². The van der Waals surface area contributed by atoms with E-state index < -0.39 is 0 Å². The van der Waals surface area contributed by atoms with Gasteiger partial charge in [-0.3, -0.25) is 0 Å². The first-order chi connectivity index (χ1) is 8.28. The Morgan fingerprint density at radius 3 is 2.82 bits per heavy atom. The fraction of sp³-hybridized carbons (Fsp3) is 0. The van der Waals surface area contributed by atoms with Gasteiger partial charge in [0.2, 0.25) is 5.88 Å². The Labute approximate surface area is 105 Å². The van der Waals surface area contributed by atoms with E-state index in [1.165, 1.54) is 0 Å². The molecule has 0 atom stereocenters. The molecule has 0 spiro atoms. The number of aromatic nitrogens is 1. The van der Waals surface area contributed by atoms with Crippen LogP contribution in [0, 0.1) is 18.8 Å². The van der Waals surface area contributed by atoms with Crippen molar-refractivity contribution in [1.82, 2.24) is 4.98 Å². The zero-order valence-electron chi connectivity index (χ0n) is 8.93. The fourth-order valence-corrected chi connectivity index (χ4v) is 1.48. The molecule has 2 aromatic rings. The van der Waals surface area contributed by atoms with E-state index in [0.29, 0.717) is 22.3 Å². The van der Waals surface area contributed by atoms with E-state index in [2.05, 4.69) is 10.9 Å². The Bertz CT molecular complexity index is 560. The molecule has 0 saturated heterocycles. The summed E-state index contributed by atoms with van der Waals surface area (Å²) in [5.74, 6) is 3.54. The van der Waals surface area contributed by atoms with Crippen molar-refractivity contribution in [2.24, 2.45) is 0 Å².